The lowest BCUT2D eigenvalue weighted by atomic mass is 10.0. The third-order valence-electron chi connectivity index (χ3n) is 3.32. The number of benzene rings is 1. The van der Waals surface area contributed by atoms with E-state index in [-0.39, 0.29) is 23.7 Å². The van der Waals surface area contributed by atoms with E-state index in [1.807, 2.05) is 6.92 Å². The van der Waals surface area contributed by atoms with Gasteiger partial charge in [-0.25, -0.2) is 4.39 Å². The number of carbonyl (C=O) groups excluding carboxylic acids is 1. The number of aryl methyl sites for hydroxylation is 1. The Morgan fingerprint density at radius 3 is 2.95 bits per heavy atom. The molecule has 2 unspecified atom stereocenters. The minimum Gasteiger partial charge on any atom is -0.379 e. The first-order valence-electron chi connectivity index (χ1n) is 6.50. The normalized spacial score (nSPS) is 22.5. The van der Waals surface area contributed by atoms with E-state index in [0.29, 0.717) is 24.5 Å². The smallest absolute Gasteiger partial charge is 0.231 e. The van der Waals surface area contributed by atoms with Crippen LogP contribution >= 0.6 is 0 Å². The molecule has 1 saturated heterocycles. The molecule has 0 aromatic heterocycles. The number of hydrogen-bond acceptors (Lipinski definition) is 3. The summed E-state index contributed by atoms with van der Waals surface area (Å²) in [6.07, 6.45) is 0. The van der Waals surface area contributed by atoms with Gasteiger partial charge in [0.25, 0.3) is 0 Å². The first kappa shape index (κ1) is 14.0. The molecule has 1 aromatic carbocycles. The molecule has 1 heterocycles. The number of anilines is 1. The molecule has 0 radical (unpaired) electrons. The van der Waals surface area contributed by atoms with E-state index >= 15 is 0 Å². The molecule has 1 amide bonds. The van der Waals surface area contributed by atoms with Gasteiger partial charge in [0.15, 0.2) is 0 Å². The van der Waals surface area contributed by atoms with E-state index in [2.05, 4.69) is 10.6 Å². The van der Waals surface area contributed by atoms with Gasteiger partial charge < -0.3 is 15.4 Å². The maximum absolute atomic E-state index is 13.4. The molecule has 1 aliphatic rings. The molecular formula is C14H19FN2O2. The number of halogens is 1. The molecule has 1 aliphatic heterocycles. The van der Waals surface area contributed by atoms with Crippen LogP contribution in [-0.4, -0.2) is 31.7 Å². The fourth-order valence-electron chi connectivity index (χ4n) is 2.18. The van der Waals surface area contributed by atoms with E-state index < -0.39 is 0 Å². The molecule has 1 fully saturated rings. The summed E-state index contributed by atoms with van der Waals surface area (Å²) in [5, 5.41) is 5.96. The molecule has 0 saturated carbocycles. The van der Waals surface area contributed by atoms with Crippen LogP contribution in [0.25, 0.3) is 0 Å². The van der Waals surface area contributed by atoms with E-state index in [1.165, 1.54) is 6.07 Å². The number of amides is 1. The molecule has 0 aliphatic carbocycles. The minimum atomic E-state index is -0.316. The van der Waals surface area contributed by atoms with Crippen molar-refractivity contribution >= 4 is 11.6 Å². The molecule has 2 rings (SSSR count). The Kier molecular flexibility index (Phi) is 4.50. The highest BCUT2D eigenvalue weighted by Crippen LogP contribution is 2.18. The Hall–Kier alpha value is -1.46. The van der Waals surface area contributed by atoms with Gasteiger partial charge in [0.2, 0.25) is 5.91 Å². The molecule has 0 bridgehead atoms. The topological polar surface area (TPSA) is 50.4 Å². The summed E-state index contributed by atoms with van der Waals surface area (Å²) in [5.74, 6) is -0.681. The van der Waals surface area contributed by atoms with Crippen molar-refractivity contribution in [3.63, 3.8) is 0 Å². The lowest BCUT2D eigenvalue weighted by molar-refractivity contribution is -0.120. The highest BCUT2D eigenvalue weighted by molar-refractivity contribution is 5.93. The molecule has 0 spiro atoms. The lowest BCUT2D eigenvalue weighted by Gasteiger charge is -2.17. The van der Waals surface area contributed by atoms with Crippen LogP contribution in [0.2, 0.25) is 0 Å². The fraction of sp³-hybridized carbons (Fsp3) is 0.500. The van der Waals surface area contributed by atoms with Crippen LogP contribution in [0.15, 0.2) is 18.2 Å². The van der Waals surface area contributed by atoms with Crippen molar-refractivity contribution in [1.82, 2.24) is 5.32 Å². The quantitative estimate of drug-likeness (QED) is 0.872. The van der Waals surface area contributed by atoms with Crippen LogP contribution < -0.4 is 10.6 Å². The number of hydrogen-bond donors (Lipinski definition) is 2. The maximum Gasteiger partial charge on any atom is 0.231 e. The molecule has 19 heavy (non-hydrogen) atoms. The van der Waals surface area contributed by atoms with Crippen LogP contribution in [0.3, 0.4) is 0 Å². The molecule has 5 heteroatoms. The van der Waals surface area contributed by atoms with Crippen molar-refractivity contribution in [2.24, 2.45) is 5.92 Å². The van der Waals surface area contributed by atoms with E-state index in [1.54, 1.807) is 19.1 Å². The van der Waals surface area contributed by atoms with Crippen LogP contribution in [0.4, 0.5) is 10.1 Å². The zero-order valence-corrected chi connectivity index (χ0v) is 11.2. The molecule has 2 N–H and O–H groups in total. The van der Waals surface area contributed by atoms with Gasteiger partial charge in [-0.2, -0.15) is 0 Å². The maximum atomic E-state index is 13.4. The van der Waals surface area contributed by atoms with Crippen molar-refractivity contribution in [3.8, 4) is 0 Å². The minimum absolute atomic E-state index is 0.0281. The fourth-order valence-corrected chi connectivity index (χ4v) is 2.18. The van der Waals surface area contributed by atoms with Gasteiger partial charge >= 0.3 is 0 Å². The molecular weight excluding hydrogens is 247 g/mol. The third-order valence-corrected chi connectivity index (χ3v) is 3.32. The number of nitrogens with one attached hydrogen (secondary N) is 2. The Bertz CT molecular complexity index is 465. The summed E-state index contributed by atoms with van der Waals surface area (Å²) in [6.45, 7) is 5.40. The highest BCUT2D eigenvalue weighted by atomic mass is 19.1. The van der Waals surface area contributed by atoms with Gasteiger partial charge in [0, 0.05) is 11.7 Å². The summed E-state index contributed by atoms with van der Waals surface area (Å²) in [7, 11) is 0. The first-order valence-corrected chi connectivity index (χ1v) is 6.50. The summed E-state index contributed by atoms with van der Waals surface area (Å²) < 4.78 is 18.7. The molecule has 104 valence electrons. The Labute approximate surface area is 112 Å². The second-order valence-corrected chi connectivity index (χ2v) is 4.76. The van der Waals surface area contributed by atoms with Crippen LogP contribution in [-0.2, 0) is 9.53 Å². The predicted octanol–water partition coefficient (Wildman–Crippen LogP) is 1.70. The predicted molar refractivity (Wildman–Crippen MR) is 71.5 cm³/mol. The Morgan fingerprint density at radius 1 is 1.47 bits per heavy atom. The van der Waals surface area contributed by atoms with Crippen LogP contribution in [0.1, 0.15) is 12.5 Å². The van der Waals surface area contributed by atoms with Crippen LogP contribution in [0.5, 0.6) is 0 Å². The van der Waals surface area contributed by atoms with Crippen molar-refractivity contribution in [1.29, 1.82) is 0 Å². The summed E-state index contributed by atoms with van der Waals surface area (Å²) in [6, 6.07) is 4.72. The lowest BCUT2D eigenvalue weighted by Crippen LogP contribution is -2.41. The van der Waals surface area contributed by atoms with Crippen molar-refractivity contribution in [2.45, 2.75) is 19.9 Å². The van der Waals surface area contributed by atoms with E-state index in [4.69, 9.17) is 4.74 Å². The van der Waals surface area contributed by atoms with E-state index in [9.17, 15) is 9.18 Å². The second-order valence-electron chi connectivity index (χ2n) is 4.76. The molecule has 1 aromatic rings. The van der Waals surface area contributed by atoms with E-state index in [0.717, 1.165) is 6.54 Å². The number of rotatable bonds is 4. The average Bonchev–Trinajstić information content (AvgIpc) is 2.83. The number of ether oxygens (including phenoxy) is 1. The van der Waals surface area contributed by atoms with Crippen molar-refractivity contribution < 1.29 is 13.9 Å². The van der Waals surface area contributed by atoms with Gasteiger partial charge in [-0.05, 0) is 31.2 Å². The Balaban J connectivity index is 2.02. The second kappa shape index (κ2) is 6.12. The van der Waals surface area contributed by atoms with Crippen LogP contribution in [0, 0.1) is 18.7 Å². The van der Waals surface area contributed by atoms with Gasteiger partial charge in [0.1, 0.15) is 5.82 Å². The monoisotopic (exact) mass is 266 g/mol. The first-order chi connectivity index (χ1) is 9.11. The number of likely N-dealkylation sites (N-methyl/N-ethyl adjacent to an activating group) is 1. The standard InChI is InChI=1S/C14H19FN2O2/c1-3-16-13-8-19-7-11(13)14(18)17-10-5-4-9(2)12(15)6-10/h4-6,11,13,16H,3,7-8H2,1-2H3,(H,17,18). The summed E-state index contributed by atoms with van der Waals surface area (Å²) >= 11 is 0. The molecule has 2 atom stereocenters. The zero-order chi connectivity index (χ0) is 13.8. The van der Waals surface area contributed by atoms with Crippen molar-refractivity contribution in [2.75, 3.05) is 25.1 Å². The summed E-state index contributed by atoms with van der Waals surface area (Å²) in [4.78, 5) is 12.1. The average molecular weight is 266 g/mol. The highest BCUT2D eigenvalue weighted by Gasteiger charge is 2.33. The van der Waals surface area contributed by atoms with Crippen molar-refractivity contribution in [3.05, 3.63) is 29.6 Å². The van der Waals surface area contributed by atoms with Gasteiger partial charge in [0.05, 0.1) is 19.1 Å². The van der Waals surface area contributed by atoms with Gasteiger partial charge in [-0.1, -0.05) is 13.0 Å². The third kappa shape index (κ3) is 3.30. The summed E-state index contributed by atoms with van der Waals surface area (Å²) in [5.41, 5.74) is 1.04. The van der Waals surface area contributed by atoms with Gasteiger partial charge in [-0.15, -0.1) is 0 Å². The molecule has 4 nitrogen and oxygen atoms in total. The van der Waals surface area contributed by atoms with Gasteiger partial charge in [-0.3, -0.25) is 4.79 Å². The largest absolute Gasteiger partial charge is 0.379 e. The SMILES string of the molecule is CCNC1COCC1C(=O)Nc1ccc(C)c(F)c1. The Morgan fingerprint density at radius 2 is 2.26 bits per heavy atom. The number of carbonyl (C=O) groups is 1. The zero-order valence-electron chi connectivity index (χ0n) is 11.2.